The second-order valence-electron chi connectivity index (χ2n) is 6.42. The van der Waals surface area contributed by atoms with Crippen molar-refractivity contribution in [2.75, 3.05) is 13.1 Å². The molecule has 1 N–H and O–H groups in total. The molecule has 3 rings (SSSR count). The maximum absolute atomic E-state index is 13.8. The summed E-state index contributed by atoms with van der Waals surface area (Å²) in [5.74, 6) is -0.207. The summed E-state index contributed by atoms with van der Waals surface area (Å²) >= 11 is 0. The van der Waals surface area contributed by atoms with Crippen molar-refractivity contribution < 1.29 is 14.3 Å². The molecule has 0 spiro atoms. The lowest BCUT2D eigenvalue weighted by molar-refractivity contribution is -0.135. The molecule has 1 aliphatic rings. The zero-order valence-electron chi connectivity index (χ0n) is 13.6. The van der Waals surface area contributed by atoms with Crippen LogP contribution in [0.15, 0.2) is 43.0 Å². The van der Waals surface area contributed by atoms with E-state index in [-0.39, 0.29) is 18.1 Å². The second-order valence-corrected chi connectivity index (χ2v) is 6.42. The van der Waals surface area contributed by atoms with Crippen LogP contribution in [0.1, 0.15) is 24.8 Å². The van der Waals surface area contributed by atoms with E-state index in [2.05, 4.69) is 4.98 Å². The molecule has 0 unspecified atom stereocenters. The van der Waals surface area contributed by atoms with E-state index in [1.807, 2.05) is 10.8 Å². The minimum absolute atomic E-state index is 0.0802. The number of halogens is 1. The summed E-state index contributed by atoms with van der Waals surface area (Å²) in [6.07, 6.45) is 6.86. The average molecular weight is 331 g/mol. The van der Waals surface area contributed by atoms with Gasteiger partial charge < -0.3 is 14.6 Å². The Morgan fingerprint density at radius 1 is 1.29 bits per heavy atom. The van der Waals surface area contributed by atoms with E-state index < -0.39 is 5.60 Å². The number of carbonyl (C=O) groups excluding carboxylic acids is 1. The summed E-state index contributed by atoms with van der Waals surface area (Å²) in [6.45, 7) is 1.62. The van der Waals surface area contributed by atoms with Crippen molar-refractivity contribution >= 4 is 5.91 Å². The molecular weight excluding hydrogens is 309 g/mol. The Hall–Kier alpha value is -2.21. The number of aromatic nitrogens is 2. The Kier molecular flexibility index (Phi) is 4.94. The second kappa shape index (κ2) is 7.13. The maximum Gasteiger partial charge on any atom is 0.224 e. The first-order valence-electron chi connectivity index (χ1n) is 8.25. The van der Waals surface area contributed by atoms with Gasteiger partial charge in [-0.2, -0.15) is 0 Å². The van der Waals surface area contributed by atoms with Crippen LogP contribution in [0.5, 0.6) is 0 Å². The number of hydrogen-bond donors (Lipinski definition) is 1. The smallest absolute Gasteiger partial charge is 0.224 e. The van der Waals surface area contributed by atoms with Crippen LogP contribution >= 0.6 is 0 Å². The van der Waals surface area contributed by atoms with Gasteiger partial charge in [0.15, 0.2) is 0 Å². The molecule has 1 amide bonds. The summed E-state index contributed by atoms with van der Waals surface area (Å²) in [5.41, 5.74) is -0.413. The largest absolute Gasteiger partial charge is 0.389 e. The van der Waals surface area contributed by atoms with Gasteiger partial charge in [-0.3, -0.25) is 4.79 Å². The van der Waals surface area contributed by atoms with Crippen molar-refractivity contribution in [3.63, 3.8) is 0 Å². The lowest BCUT2D eigenvalue weighted by atomic mass is 9.85. The number of nitrogens with zero attached hydrogens (tertiary/aromatic N) is 3. The Morgan fingerprint density at radius 2 is 2.04 bits per heavy atom. The lowest BCUT2D eigenvalue weighted by Gasteiger charge is -2.38. The first-order chi connectivity index (χ1) is 11.6. The van der Waals surface area contributed by atoms with E-state index in [1.165, 1.54) is 6.07 Å². The fourth-order valence-electron chi connectivity index (χ4n) is 3.15. The van der Waals surface area contributed by atoms with Crippen LogP contribution in [0.25, 0.3) is 0 Å². The predicted octanol–water partition coefficient (Wildman–Crippen LogP) is 2.01. The van der Waals surface area contributed by atoms with Gasteiger partial charge in [0, 0.05) is 44.9 Å². The van der Waals surface area contributed by atoms with Crippen molar-refractivity contribution in [3.05, 3.63) is 54.4 Å². The molecule has 0 saturated carbocycles. The number of hydrogen-bond acceptors (Lipinski definition) is 3. The standard InChI is InChI=1S/C18H22FN3O2/c19-16-4-2-1-3-15(16)13-18(24)6-10-22(11-7-18)17(23)5-9-21-12-8-20-14-21/h1-4,8,12,14,24H,5-7,9-11,13H2. The van der Waals surface area contributed by atoms with Gasteiger partial charge in [0.1, 0.15) is 5.82 Å². The molecule has 24 heavy (non-hydrogen) atoms. The Balaban J connectivity index is 1.51. The molecule has 2 heterocycles. The van der Waals surface area contributed by atoms with E-state index in [9.17, 15) is 14.3 Å². The van der Waals surface area contributed by atoms with Crippen LogP contribution in [0, 0.1) is 5.82 Å². The number of likely N-dealkylation sites (tertiary alicyclic amines) is 1. The summed E-state index contributed by atoms with van der Waals surface area (Å²) in [5, 5.41) is 10.7. The SMILES string of the molecule is O=C(CCn1ccnc1)N1CCC(O)(Cc2ccccc2F)CC1. The van der Waals surface area contributed by atoms with Gasteiger partial charge in [0.25, 0.3) is 0 Å². The van der Waals surface area contributed by atoms with Crippen molar-refractivity contribution in [3.8, 4) is 0 Å². The molecule has 0 bridgehead atoms. The third-order valence-corrected chi connectivity index (χ3v) is 4.67. The Labute approximate surface area is 140 Å². The van der Waals surface area contributed by atoms with E-state index in [0.29, 0.717) is 44.5 Å². The molecule has 1 aromatic carbocycles. The van der Waals surface area contributed by atoms with Crippen molar-refractivity contribution in [1.29, 1.82) is 0 Å². The van der Waals surface area contributed by atoms with Crippen molar-refractivity contribution in [2.45, 2.75) is 37.8 Å². The molecule has 2 aromatic rings. The molecule has 1 fully saturated rings. The Morgan fingerprint density at radius 3 is 2.71 bits per heavy atom. The monoisotopic (exact) mass is 331 g/mol. The summed E-state index contributed by atoms with van der Waals surface area (Å²) < 4.78 is 15.6. The van der Waals surface area contributed by atoms with Gasteiger partial charge in [0.2, 0.25) is 5.91 Å². The molecule has 1 aromatic heterocycles. The van der Waals surface area contributed by atoms with E-state index in [0.717, 1.165) is 0 Å². The van der Waals surface area contributed by atoms with Crippen LogP contribution < -0.4 is 0 Å². The summed E-state index contributed by atoms with van der Waals surface area (Å²) in [4.78, 5) is 18.0. The molecule has 5 nitrogen and oxygen atoms in total. The fourth-order valence-corrected chi connectivity index (χ4v) is 3.15. The van der Waals surface area contributed by atoms with Gasteiger partial charge in [-0.15, -0.1) is 0 Å². The highest BCUT2D eigenvalue weighted by Crippen LogP contribution is 2.27. The highest BCUT2D eigenvalue weighted by molar-refractivity contribution is 5.76. The molecule has 128 valence electrons. The summed E-state index contributed by atoms with van der Waals surface area (Å²) in [7, 11) is 0. The summed E-state index contributed by atoms with van der Waals surface area (Å²) in [6, 6.07) is 6.53. The fraction of sp³-hybridized carbons (Fsp3) is 0.444. The van der Waals surface area contributed by atoms with Crippen molar-refractivity contribution in [1.82, 2.24) is 14.5 Å². The van der Waals surface area contributed by atoms with Gasteiger partial charge in [-0.05, 0) is 24.5 Å². The van der Waals surface area contributed by atoms with Crippen LogP contribution in [0.4, 0.5) is 4.39 Å². The highest BCUT2D eigenvalue weighted by atomic mass is 19.1. The maximum atomic E-state index is 13.8. The number of rotatable bonds is 5. The Bertz CT molecular complexity index is 679. The molecule has 1 aliphatic heterocycles. The lowest BCUT2D eigenvalue weighted by Crippen LogP contribution is -2.48. The van der Waals surface area contributed by atoms with Gasteiger partial charge >= 0.3 is 0 Å². The first-order valence-corrected chi connectivity index (χ1v) is 8.25. The van der Waals surface area contributed by atoms with Crippen LogP contribution in [-0.4, -0.2) is 44.2 Å². The number of aliphatic hydroxyl groups is 1. The van der Waals surface area contributed by atoms with E-state index in [1.54, 1.807) is 35.6 Å². The number of benzene rings is 1. The topological polar surface area (TPSA) is 58.4 Å². The predicted molar refractivity (Wildman–Crippen MR) is 87.7 cm³/mol. The normalized spacial score (nSPS) is 17.0. The van der Waals surface area contributed by atoms with E-state index >= 15 is 0 Å². The average Bonchev–Trinajstić information content (AvgIpc) is 3.09. The third-order valence-electron chi connectivity index (χ3n) is 4.67. The number of imidazole rings is 1. The minimum atomic E-state index is -0.941. The number of aryl methyl sites for hydroxylation is 1. The van der Waals surface area contributed by atoms with Gasteiger partial charge in [-0.1, -0.05) is 18.2 Å². The molecular formula is C18H22FN3O2. The first kappa shape index (κ1) is 16.6. The van der Waals surface area contributed by atoms with E-state index in [4.69, 9.17) is 0 Å². The van der Waals surface area contributed by atoms with Crippen LogP contribution in [0.2, 0.25) is 0 Å². The highest BCUT2D eigenvalue weighted by Gasteiger charge is 2.34. The zero-order chi connectivity index (χ0) is 17.0. The molecule has 0 radical (unpaired) electrons. The number of amides is 1. The van der Waals surface area contributed by atoms with Crippen molar-refractivity contribution in [2.24, 2.45) is 0 Å². The number of carbonyl (C=O) groups is 1. The van der Waals surface area contributed by atoms with Crippen LogP contribution in [0.3, 0.4) is 0 Å². The molecule has 6 heteroatoms. The van der Waals surface area contributed by atoms with Gasteiger partial charge in [-0.25, -0.2) is 9.37 Å². The molecule has 0 atom stereocenters. The molecule has 1 saturated heterocycles. The quantitative estimate of drug-likeness (QED) is 0.912. The van der Waals surface area contributed by atoms with Crippen LogP contribution in [-0.2, 0) is 17.8 Å². The third kappa shape index (κ3) is 4.00. The zero-order valence-corrected chi connectivity index (χ0v) is 13.6. The van der Waals surface area contributed by atoms with Gasteiger partial charge in [0.05, 0.1) is 11.9 Å². The molecule has 0 aliphatic carbocycles. The minimum Gasteiger partial charge on any atom is -0.389 e. The number of piperidine rings is 1.